The van der Waals surface area contributed by atoms with Crippen LogP contribution in [0.25, 0.3) is 0 Å². The molecule has 1 heterocycles. The highest BCUT2D eigenvalue weighted by Gasteiger charge is 2.27. The van der Waals surface area contributed by atoms with E-state index < -0.39 is 10.0 Å². The number of rotatable bonds is 6. The van der Waals surface area contributed by atoms with Gasteiger partial charge >= 0.3 is 0 Å². The van der Waals surface area contributed by atoms with Gasteiger partial charge in [-0.25, -0.2) is 12.7 Å². The lowest BCUT2D eigenvalue weighted by Gasteiger charge is -2.31. The molecule has 0 aromatic heterocycles. The fourth-order valence-electron chi connectivity index (χ4n) is 2.00. The molecule has 1 saturated heterocycles. The smallest absolute Gasteiger partial charge is 0.221 e. The minimum atomic E-state index is -3.08. The molecule has 6 nitrogen and oxygen atoms in total. The second kappa shape index (κ2) is 7.06. The van der Waals surface area contributed by atoms with Crippen LogP contribution in [0.5, 0.6) is 0 Å². The maximum absolute atomic E-state index is 11.7. The van der Waals surface area contributed by atoms with Crippen molar-refractivity contribution < 1.29 is 13.2 Å². The Bertz CT molecular complexity index is 362. The first-order valence-corrected chi connectivity index (χ1v) is 8.02. The summed E-state index contributed by atoms with van der Waals surface area (Å²) in [5, 5.41) is 5.87. The fourth-order valence-corrected chi connectivity index (χ4v) is 3.13. The number of hydrogen-bond acceptors (Lipinski definition) is 4. The van der Waals surface area contributed by atoms with Crippen molar-refractivity contribution in [1.29, 1.82) is 0 Å². The van der Waals surface area contributed by atoms with Crippen LogP contribution in [0.2, 0.25) is 0 Å². The van der Waals surface area contributed by atoms with Gasteiger partial charge in [-0.1, -0.05) is 0 Å². The number of piperidine rings is 1. The van der Waals surface area contributed by atoms with Crippen molar-refractivity contribution in [3.05, 3.63) is 0 Å². The first kappa shape index (κ1) is 15.4. The van der Waals surface area contributed by atoms with E-state index >= 15 is 0 Å². The van der Waals surface area contributed by atoms with E-state index in [-0.39, 0.29) is 17.7 Å². The molecule has 1 amide bonds. The van der Waals surface area contributed by atoms with E-state index in [0.717, 1.165) is 0 Å². The van der Waals surface area contributed by atoms with Gasteiger partial charge in [0.25, 0.3) is 0 Å². The van der Waals surface area contributed by atoms with Crippen LogP contribution in [0.15, 0.2) is 0 Å². The molecular weight excluding hydrogens is 254 g/mol. The first-order valence-electron chi connectivity index (χ1n) is 6.41. The molecule has 1 aliphatic rings. The number of nitrogens with one attached hydrogen (secondary N) is 2. The van der Waals surface area contributed by atoms with Crippen molar-refractivity contribution >= 4 is 15.9 Å². The Hall–Kier alpha value is -0.660. The number of amides is 1. The third-order valence-corrected chi connectivity index (χ3v) is 5.06. The largest absolute Gasteiger partial charge is 0.353 e. The molecule has 0 aromatic rings. The second-order valence-corrected chi connectivity index (χ2v) is 6.75. The molecule has 7 heteroatoms. The maximum atomic E-state index is 11.7. The highest BCUT2D eigenvalue weighted by molar-refractivity contribution is 7.89. The number of carbonyl (C=O) groups is 1. The van der Waals surface area contributed by atoms with Crippen molar-refractivity contribution in [2.45, 2.75) is 32.2 Å². The van der Waals surface area contributed by atoms with Gasteiger partial charge in [0.15, 0.2) is 0 Å². The third kappa shape index (κ3) is 4.55. The summed E-state index contributed by atoms with van der Waals surface area (Å²) in [6.45, 7) is 3.33. The summed E-state index contributed by atoms with van der Waals surface area (Å²) in [6, 6.07) is 0.109. The molecule has 0 aromatic carbocycles. The maximum Gasteiger partial charge on any atom is 0.221 e. The van der Waals surface area contributed by atoms with E-state index in [9.17, 15) is 13.2 Å². The molecule has 0 spiro atoms. The Morgan fingerprint density at radius 2 is 1.94 bits per heavy atom. The normalized spacial score (nSPS) is 18.8. The van der Waals surface area contributed by atoms with Gasteiger partial charge in [0.1, 0.15) is 0 Å². The average Bonchev–Trinajstić information content (AvgIpc) is 2.37. The van der Waals surface area contributed by atoms with Gasteiger partial charge < -0.3 is 10.6 Å². The SMILES string of the molecule is CCS(=O)(=O)N1CCC(NC(=O)CCNC)CC1. The molecule has 1 fully saturated rings. The Morgan fingerprint density at radius 3 is 2.44 bits per heavy atom. The van der Waals surface area contributed by atoms with E-state index in [1.807, 2.05) is 0 Å². The predicted molar refractivity (Wildman–Crippen MR) is 70.7 cm³/mol. The Morgan fingerprint density at radius 1 is 1.33 bits per heavy atom. The van der Waals surface area contributed by atoms with Crippen LogP contribution in [-0.4, -0.2) is 57.1 Å². The Kier molecular flexibility index (Phi) is 6.04. The van der Waals surface area contributed by atoms with Gasteiger partial charge in [0, 0.05) is 32.1 Å². The predicted octanol–water partition coefficient (Wildman–Crippen LogP) is -0.474. The lowest BCUT2D eigenvalue weighted by molar-refractivity contribution is -0.121. The van der Waals surface area contributed by atoms with Gasteiger partial charge in [-0.15, -0.1) is 0 Å². The Labute approximate surface area is 109 Å². The van der Waals surface area contributed by atoms with Crippen molar-refractivity contribution in [1.82, 2.24) is 14.9 Å². The van der Waals surface area contributed by atoms with E-state index in [4.69, 9.17) is 0 Å². The summed E-state index contributed by atoms with van der Waals surface area (Å²) in [4.78, 5) is 11.5. The molecular formula is C11H23N3O3S. The van der Waals surface area contributed by atoms with Crippen LogP contribution < -0.4 is 10.6 Å². The molecule has 0 aliphatic carbocycles. The van der Waals surface area contributed by atoms with Gasteiger partial charge in [-0.05, 0) is 26.8 Å². The molecule has 1 aliphatic heterocycles. The van der Waals surface area contributed by atoms with Crippen LogP contribution >= 0.6 is 0 Å². The summed E-state index contributed by atoms with van der Waals surface area (Å²) in [6.07, 6.45) is 1.86. The molecule has 0 radical (unpaired) electrons. The number of nitrogens with zero attached hydrogens (tertiary/aromatic N) is 1. The monoisotopic (exact) mass is 277 g/mol. The molecule has 18 heavy (non-hydrogen) atoms. The highest BCUT2D eigenvalue weighted by atomic mass is 32.2. The summed E-state index contributed by atoms with van der Waals surface area (Å²) in [5.74, 6) is 0.174. The van der Waals surface area contributed by atoms with Crippen LogP contribution in [0.1, 0.15) is 26.2 Å². The third-order valence-electron chi connectivity index (χ3n) is 3.18. The van der Waals surface area contributed by atoms with E-state index in [0.29, 0.717) is 38.9 Å². The standard InChI is InChI=1S/C11H23N3O3S/c1-3-18(16,17)14-8-5-10(6-9-14)13-11(15)4-7-12-2/h10,12H,3-9H2,1-2H3,(H,13,15). The highest BCUT2D eigenvalue weighted by Crippen LogP contribution is 2.14. The summed E-state index contributed by atoms with van der Waals surface area (Å²) in [7, 11) is -1.27. The molecule has 0 atom stereocenters. The second-order valence-electron chi connectivity index (χ2n) is 4.49. The zero-order chi connectivity index (χ0) is 13.6. The lowest BCUT2D eigenvalue weighted by Crippen LogP contribution is -2.47. The van der Waals surface area contributed by atoms with Crippen LogP contribution in [0, 0.1) is 0 Å². The summed E-state index contributed by atoms with van der Waals surface area (Å²) < 4.78 is 24.8. The van der Waals surface area contributed by atoms with Crippen molar-refractivity contribution in [3.63, 3.8) is 0 Å². The van der Waals surface area contributed by atoms with Gasteiger partial charge in [0.2, 0.25) is 15.9 Å². The molecule has 0 saturated carbocycles. The summed E-state index contributed by atoms with van der Waals surface area (Å²) in [5.41, 5.74) is 0. The zero-order valence-electron chi connectivity index (χ0n) is 11.1. The van der Waals surface area contributed by atoms with E-state index in [2.05, 4.69) is 10.6 Å². The van der Waals surface area contributed by atoms with E-state index in [1.54, 1.807) is 14.0 Å². The summed E-state index contributed by atoms with van der Waals surface area (Å²) >= 11 is 0. The van der Waals surface area contributed by atoms with Crippen molar-refractivity contribution in [3.8, 4) is 0 Å². The molecule has 1 rings (SSSR count). The number of sulfonamides is 1. The fraction of sp³-hybridized carbons (Fsp3) is 0.909. The quantitative estimate of drug-likeness (QED) is 0.688. The van der Waals surface area contributed by atoms with Crippen LogP contribution in [-0.2, 0) is 14.8 Å². The first-order chi connectivity index (χ1) is 8.49. The van der Waals surface area contributed by atoms with Crippen LogP contribution in [0.4, 0.5) is 0 Å². The minimum absolute atomic E-state index is 0.0288. The zero-order valence-corrected chi connectivity index (χ0v) is 11.9. The molecule has 2 N–H and O–H groups in total. The molecule has 0 bridgehead atoms. The average molecular weight is 277 g/mol. The number of carbonyl (C=O) groups excluding carboxylic acids is 1. The van der Waals surface area contributed by atoms with Gasteiger partial charge in [-0.2, -0.15) is 0 Å². The van der Waals surface area contributed by atoms with Crippen molar-refractivity contribution in [2.75, 3.05) is 32.4 Å². The van der Waals surface area contributed by atoms with E-state index in [1.165, 1.54) is 4.31 Å². The van der Waals surface area contributed by atoms with Gasteiger partial charge in [-0.3, -0.25) is 4.79 Å². The molecule has 106 valence electrons. The van der Waals surface area contributed by atoms with Crippen LogP contribution in [0.3, 0.4) is 0 Å². The number of hydrogen-bond donors (Lipinski definition) is 2. The lowest BCUT2D eigenvalue weighted by atomic mass is 10.1. The minimum Gasteiger partial charge on any atom is -0.353 e. The topological polar surface area (TPSA) is 78.5 Å². The molecule has 0 unspecified atom stereocenters. The van der Waals surface area contributed by atoms with Gasteiger partial charge in [0.05, 0.1) is 5.75 Å². The Balaban J connectivity index is 2.34. The van der Waals surface area contributed by atoms with Crippen molar-refractivity contribution in [2.24, 2.45) is 0 Å².